The zero-order valence-electron chi connectivity index (χ0n) is 8.31. The normalized spacial score (nSPS) is 12.0. The minimum absolute atomic E-state index is 0.496. The smallest absolute Gasteiger partial charge is 0.263 e. The second kappa shape index (κ2) is 3.62. The van der Waals surface area contributed by atoms with Crippen LogP contribution in [0.3, 0.4) is 0 Å². The van der Waals surface area contributed by atoms with Gasteiger partial charge < -0.3 is 0 Å². The van der Waals surface area contributed by atoms with Gasteiger partial charge in [0.1, 0.15) is 12.2 Å². The van der Waals surface area contributed by atoms with Crippen LogP contribution in [-0.2, 0) is 13.6 Å². The summed E-state index contributed by atoms with van der Waals surface area (Å²) < 4.78 is 37.0. The summed E-state index contributed by atoms with van der Waals surface area (Å²) in [6.45, 7) is -1.10. The van der Waals surface area contributed by atoms with Crippen molar-refractivity contribution >= 4 is 0 Å². The highest BCUT2D eigenvalue weighted by Crippen LogP contribution is 2.19. The van der Waals surface area contributed by atoms with Crippen LogP contribution in [0, 0.1) is 0 Å². The Balaban J connectivity index is 2.20. The predicted octanol–water partition coefficient (Wildman–Crippen LogP) is 1.24. The molecule has 0 aliphatic rings. The first-order valence-corrected chi connectivity index (χ1v) is 4.40. The molecule has 0 amide bonds. The van der Waals surface area contributed by atoms with E-state index in [1.54, 1.807) is 7.05 Å². The molecule has 2 aromatic heterocycles. The van der Waals surface area contributed by atoms with Crippen molar-refractivity contribution in [3.8, 4) is 11.3 Å². The van der Waals surface area contributed by atoms with Gasteiger partial charge in [-0.3, -0.25) is 4.68 Å². The zero-order valence-corrected chi connectivity index (χ0v) is 8.31. The zero-order chi connectivity index (χ0) is 11.8. The molecule has 5 nitrogen and oxygen atoms in total. The third kappa shape index (κ3) is 2.38. The maximum atomic E-state index is 12.1. The Kier molecular flexibility index (Phi) is 2.41. The Hall–Kier alpha value is -1.86. The van der Waals surface area contributed by atoms with Gasteiger partial charge in [0.25, 0.3) is 0 Å². The minimum atomic E-state index is -4.27. The number of aromatic nitrogens is 5. The van der Waals surface area contributed by atoms with E-state index in [1.165, 1.54) is 23.4 Å². The average molecular weight is 231 g/mol. The fraction of sp³-hybridized carbons (Fsp3) is 0.375. The van der Waals surface area contributed by atoms with Crippen molar-refractivity contribution in [3.05, 3.63) is 18.6 Å². The molecule has 0 saturated carbocycles. The number of hydrogen-bond acceptors (Lipinski definition) is 3. The molecule has 16 heavy (non-hydrogen) atoms. The lowest BCUT2D eigenvalue weighted by atomic mass is 10.3. The number of halogens is 3. The lowest BCUT2D eigenvalue weighted by molar-refractivity contribution is -0.142. The van der Waals surface area contributed by atoms with Crippen LogP contribution in [0.2, 0.25) is 0 Å². The van der Waals surface area contributed by atoms with Crippen LogP contribution in [0.25, 0.3) is 11.3 Å². The molecule has 0 aliphatic carbocycles. The van der Waals surface area contributed by atoms with Crippen molar-refractivity contribution in [2.75, 3.05) is 0 Å². The summed E-state index contributed by atoms with van der Waals surface area (Å²) in [5.74, 6) is 0. The van der Waals surface area contributed by atoms with Gasteiger partial charge in [-0.2, -0.15) is 33.3 Å². The molecule has 0 bridgehead atoms. The van der Waals surface area contributed by atoms with E-state index in [0.29, 0.717) is 11.3 Å². The fourth-order valence-electron chi connectivity index (χ4n) is 1.24. The van der Waals surface area contributed by atoms with E-state index in [2.05, 4.69) is 15.3 Å². The standard InChI is InChI=1S/C8H8F3N5/c1-15-12-3-7(14-15)6-2-13-16(4-6)5-8(9,10)11/h2-4H,5H2,1H3. The SMILES string of the molecule is Cn1ncc(-c2cnn(CC(F)(F)F)c2)n1. The largest absolute Gasteiger partial charge is 0.408 e. The molecule has 2 heterocycles. The fourth-order valence-corrected chi connectivity index (χ4v) is 1.24. The quantitative estimate of drug-likeness (QED) is 0.781. The number of alkyl halides is 3. The molecule has 86 valence electrons. The van der Waals surface area contributed by atoms with E-state index in [1.807, 2.05) is 0 Å². The topological polar surface area (TPSA) is 48.5 Å². The van der Waals surface area contributed by atoms with Crippen LogP contribution in [0.1, 0.15) is 0 Å². The predicted molar refractivity (Wildman–Crippen MR) is 48.3 cm³/mol. The molecule has 0 N–H and O–H groups in total. The molecule has 0 saturated heterocycles. The van der Waals surface area contributed by atoms with Crippen LogP contribution in [-0.4, -0.2) is 31.0 Å². The number of hydrogen-bond donors (Lipinski definition) is 0. The Morgan fingerprint density at radius 1 is 1.25 bits per heavy atom. The average Bonchev–Trinajstić information content (AvgIpc) is 2.71. The monoisotopic (exact) mass is 231 g/mol. The van der Waals surface area contributed by atoms with Gasteiger partial charge in [-0.25, -0.2) is 0 Å². The molecule has 0 aliphatic heterocycles. The summed E-state index contributed by atoms with van der Waals surface area (Å²) in [5, 5.41) is 11.4. The first kappa shape index (κ1) is 10.7. The molecule has 0 spiro atoms. The van der Waals surface area contributed by atoms with Gasteiger partial charge in [0.15, 0.2) is 0 Å². The summed E-state index contributed by atoms with van der Waals surface area (Å²) in [7, 11) is 1.63. The van der Waals surface area contributed by atoms with Crippen LogP contribution < -0.4 is 0 Å². The summed E-state index contributed by atoms with van der Waals surface area (Å²) in [4.78, 5) is 1.33. The van der Waals surface area contributed by atoms with Crippen LogP contribution in [0.5, 0.6) is 0 Å². The summed E-state index contributed by atoms with van der Waals surface area (Å²) in [5.41, 5.74) is 1.01. The van der Waals surface area contributed by atoms with Gasteiger partial charge in [0, 0.05) is 18.8 Å². The van der Waals surface area contributed by atoms with Crippen molar-refractivity contribution in [2.45, 2.75) is 12.7 Å². The van der Waals surface area contributed by atoms with Crippen molar-refractivity contribution in [1.29, 1.82) is 0 Å². The molecule has 8 heteroatoms. The van der Waals surface area contributed by atoms with Gasteiger partial charge in [0.2, 0.25) is 0 Å². The molecule has 0 radical (unpaired) electrons. The van der Waals surface area contributed by atoms with Crippen molar-refractivity contribution in [1.82, 2.24) is 24.8 Å². The summed E-state index contributed by atoms with van der Waals surface area (Å²) in [6, 6.07) is 0. The third-order valence-electron chi connectivity index (χ3n) is 1.87. The Bertz CT molecular complexity index is 484. The van der Waals surface area contributed by atoms with Crippen molar-refractivity contribution in [3.63, 3.8) is 0 Å². The second-order valence-electron chi connectivity index (χ2n) is 3.26. The molecular formula is C8H8F3N5. The van der Waals surface area contributed by atoms with Crippen LogP contribution >= 0.6 is 0 Å². The van der Waals surface area contributed by atoms with Gasteiger partial charge >= 0.3 is 6.18 Å². The molecule has 2 rings (SSSR count). The molecule has 0 atom stereocenters. The van der Waals surface area contributed by atoms with E-state index >= 15 is 0 Å². The van der Waals surface area contributed by atoms with Gasteiger partial charge in [0.05, 0.1) is 12.4 Å². The molecule has 0 unspecified atom stereocenters. The highest BCUT2D eigenvalue weighted by Gasteiger charge is 2.28. The molecule has 0 fully saturated rings. The lowest BCUT2D eigenvalue weighted by Crippen LogP contribution is -2.17. The highest BCUT2D eigenvalue weighted by molar-refractivity contribution is 5.54. The van der Waals surface area contributed by atoms with Crippen molar-refractivity contribution < 1.29 is 13.2 Å². The minimum Gasteiger partial charge on any atom is -0.263 e. The molecular weight excluding hydrogens is 223 g/mol. The summed E-state index contributed by atoms with van der Waals surface area (Å²) in [6.07, 6.45) is -0.187. The van der Waals surface area contributed by atoms with Crippen LogP contribution in [0.15, 0.2) is 18.6 Å². The Morgan fingerprint density at radius 2 is 2.00 bits per heavy atom. The van der Waals surface area contributed by atoms with Gasteiger partial charge in [-0.15, -0.1) is 0 Å². The summed E-state index contributed by atoms with van der Waals surface area (Å²) >= 11 is 0. The number of aryl methyl sites for hydroxylation is 1. The first-order valence-electron chi connectivity index (χ1n) is 4.40. The van der Waals surface area contributed by atoms with Crippen molar-refractivity contribution in [2.24, 2.45) is 7.05 Å². The second-order valence-corrected chi connectivity index (χ2v) is 3.26. The number of nitrogens with zero attached hydrogens (tertiary/aromatic N) is 5. The maximum Gasteiger partial charge on any atom is 0.408 e. The van der Waals surface area contributed by atoms with Gasteiger partial charge in [-0.05, 0) is 0 Å². The highest BCUT2D eigenvalue weighted by atomic mass is 19.4. The maximum absolute atomic E-state index is 12.1. The molecule has 2 aromatic rings. The van der Waals surface area contributed by atoms with E-state index in [9.17, 15) is 13.2 Å². The molecule has 0 aromatic carbocycles. The third-order valence-corrected chi connectivity index (χ3v) is 1.87. The van der Waals surface area contributed by atoms with E-state index in [0.717, 1.165) is 4.68 Å². The van der Waals surface area contributed by atoms with E-state index in [4.69, 9.17) is 0 Å². The lowest BCUT2D eigenvalue weighted by Gasteiger charge is -2.04. The Labute approximate surface area is 88.5 Å². The van der Waals surface area contributed by atoms with Crippen LogP contribution in [0.4, 0.5) is 13.2 Å². The van der Waals surface area contributed by atoms with E-state index < -0.39 is 12.7 Å². The first-order chi connectivity index (χ1) is 7.44. The number of rotatable bonds is 2. The Morgan fingerprint density at radius 3 is 2.56 bits per heavy atom. The van der Waals surface area contributed by atoms with Gasteiger partial charge in [-0.1, -0.05) is 0 Å². The van der Waals surface area contributed by atoms with E-state index in [-0.39, 0.29) is 0 Å².